The summed E-state index contributed by atoms with van der Waals surface area (Å²) in [6.45, 7) is 0. The van der Waals surface area contributed by atoms with E-state index in [0.717, 1.165) is 16.3 Å². The van der Waals surface area contributed by atoms with E-state index in [-0.39, 0.29) is 22.6 Å². The third kappa shape index (κ3) is 7.37. The van der Waals surface area contributed by atoms with Crippen LogP contribution in [0.15, 0.2) is 172 Å². The highest BCUT2D eigenvalue weighted by Crippen LogP contribution is 2.30. The van der Waals surface area contributed by atoms with Crippen molar-refractivity contribution in [3.05, 3.63) is 174 Å². The zero-order valence-electron chi connectivity index (χ0n) is 26.8. The Bertz CT molecular complexity index is 2310. The van der Waals surface area contributed by atoms with Gasteiger partial charge >= 0.3 is 0 Å². The molecule has 0 unspecified atom stereocenters. The maximum atomic E-state index is 13.4. The number of carbonyl (C=O) groups excluding carboxylic acids is 4. The lowest BCUT2D eigenvalue weighted by Gasteiger charge is -2.14. The Morgan fingerprint density at radius 2 is 0.843 bits per heavy atom. The maximum absolute atomic E-state index is 13.4. The first-order valence-corrected chi connectivity index (χ1v) is 15.8. The van der Waals surface area contributed by atoms with Crippen molar-refractivity contribution in [2.45, 2.75) is 0 Å². The molecule has 4 amide bonds. The van der Waals surface area contributed by atoms with Crippen molar-refractivity contribution in [3.63, 3.8) is 0 Å². The molecular formula is C40H27N7O4. The van der Waals surface area contributed by atoms with Crippen LogP contribution in [0, 0.1) is 0 Å². The van der Waals surface area contributed by atoms with Crippen molar-refractivity contribution in [2.24, 2.45) is 20.5 Å². The lowest BCUT2D eigenvalue weighted by atomic mass is 10.1. The van der Waals surface area contributed by atoms with Gasteiger partial charge in [-0.2, -0.15) is 20.5 Å². The van der Waals surface area contributed by atoms with E-state index in [2.05, 4.69) is 31.1 Å². The predicted molar refractivity (Wildman–Crippen MR) is 194 cm³/mol. The number of hydrogen-bond acceptors (Lipinski definition) is 8. The summed E-state index contributed by atoms with van der Waals surface area (Å²) in [5.74, 6) is -1.91. The van der Waals surface area contributed by atoms with Crippen molar-refractivity contribution >= 4 is 63.4 Å². The molecule has 6 aromatic rings. The monoisotopic (exact) mass is 669 g/mol. The van der Waals surface area contributed by atoms with Crippen LogP contribution >= 0.6 is 0 Å². The molecular weight excluding hydrogens is 642 g/mol. The molecule has 0 saturated carbocycles. The number of fused-ring (bicyclic) bond motifs is 1. The molecule has 0 radical (unpaired) electrons. The average molecular weight is 670 g/mol. The van der Waals surface area contributed by atoms with Crippen LogP contribution in [-0.2, 0) is 0 Å². The standard InChI is InChI=1S/C40H27N7O4/c48-37(41-28-14-18-32(19-15-28)45-43-30-7-3-1-4-8-30)26-11-22-34(23-12-26)47-39(50)35-24-13-27(25-36(35)40(47)51)38(49)42-29-16-20-33(21-17-29)46-44-31-9-5-2-6-10-31/h1-25H,(H,41,48)(H,42,49). The molecule has 0 fully saturated rings. The number of anilines is 3. The summed E-state index contributed by atoms with van der Waals surface area (Å²) in [4.78, 5) is 53.7. The number of imide groups is 1. The van der Waals surface area contributed by atoms with E-state index < -0.39 is 17.7 Å². The molecule has 1 aliphatic heterocycles. The first-order valence-electron chi connectivity index (χ1n) is 15.8. The summed E-state index contributed by atoms with van der Waals surface area (Å²) < 4.78 is 0. The maximum Gasteiger partial charge on any atom is 0.266 e. The van der Waals surface area contributed by atoms with Gasteiger partial charge in [-0.05, 0) is 115 Å². The molecule has 0 atom stereocenters. The highest BCUT2D eigenvalue weighted by atomic mass is 16.2. The fraction of sp³-hybridized carbons (Fsp3) is 0. The minimum Gasteiger partial charge on any atom is -0.322 e. The van der Waals surface area contributed by atoms with E-state index in [0.29, 0.717) is 34.0 Å². The van der Waals surface area contributed by atoms with Crippen molar-refractivity contribution in [3.8, 4) is 0 Å². The van der Waals surface area contributed by atoms with Gasteiger partial charge in [-0.1, -0.05) is 36.4 Å². The summed E-state index contributed by atoms with van der Waals surface area (Å²) in [6.07, 6.45) is 0. The molecule has 0 aromatic heterocycles. The first kappa shape index (κ1) is 32.2. The van der Waals surface area contributed by atoms with E-state index in [4.69, 9.17) is 0 Å². The molecule has 51 heavy (non-hydrogen) atoms. The number of hydrogen-bond donors (Lipinski definition) is 2. The Morgan fingerprint density at radius 1 is 0.431 bits per heavy atom. The number of amides is 4. The van der Waals surface area contributed by atoms with Crippen molar-refractivity contribution in [2.75, 3.05) is 15.5 Å². The Balaban J connectivity index is 0.972. The van der Waals surface area contributed by atoms with Crippen LogP contribution in [0.4, 0.5) is 39.8 Å². The van der Waals surface area contributed by atoms with Crippen LogP contribution in [0.25, 0.3) is 0 Å². The number of nitrogens with zero attached hydrogens (tertiary/aromatic N) is 5. The molecule has 0 saturated heterocycles. The van der Waals surface area contributed by atoms with Gasteiger partial charge in [0.15, 0.2) is 0 Å². The highest BCUT2D eigenvalue weighted by Gasteiger charge is 2.37. The number of benzene rings is 6. The van der Waals surface area contributed by atoms with E-state index in [1.807, 2.05) is 60.7 Å². The number of carbonyl (C=O) groups is 4. The van der Waals surface area contributed by atoms with Crippen LogP contribution in [0.1, 0.15) is 41.4 Å². The topological polar surface area (TPSA) is 145 Å². The molecule has 7 rings (SSSR count). The van der Waals surface area contributed by atoms with Gasteiger partial charge in [0.1, 0.15) is 0 Å². The predicted octanol–water partition coefficient (Wildman–Crippen LogP) is 9.82. The summed E-state index contributed by atoms with van der Waals surface area (Å²) >= 11 is 0. The second kappa shape index (κ2) is 14.4. The molecule has 11 heteroatoms. The van der Waals surface area contributed by atoms with E-state index in [1.165, 1.54) is 42.5 Å². The lowest BCUT2D eigenvalue weighted by Crippen LogP contribution is -2.29. The molecule has 246 valence electrons. The normalized spacial score (nSPS) is 12.4. The zero-order chi connectivity index (χ0) is 35.2. The zero-order valence-corrected chi connectivity index (χ0v) is 26.8. The Labute approximate surface area is 292 Å². The molecule has 1 heterocycles. The van der Waals surface area contributed by atoms with Crippen LogP contribution in [-0.4, -0.2) is 23.6 Å². The van der Waals surface area contributed by atoms with Gasteiger partial charge in [0.2, 0.25) is 0 Å². The van der Waals surface area contributed by atoms with Crippen molar-refractivity contribution in [1.82, 2.24) is 0 Å². The Morgan fingerprint density at radius 3 is 1.33 bits per heavy atom. The lowest BCUT2D eigenvalue weighted by molar-refractivity contribution is 0.0924. The quantitative estimate of drug-likeness (QED) is 0.117. The van der Waals surface area contributed by atoms with Gasteiger partial charge in [-0.15, -0.1) is 0 Å². The molecule has 11 nitrogen and oxygen atoms in total. The van der Waals surface area contributed by atoms with E-state index in [1.54, 1.807) is 48.5 Å². The largest absolute Gasteiger partial charge is 0.322 e. The van der Waals surface area contributed by atoms with Crippen LogP contribution in [0.5, 0.6) is 0 Å². The van der Waals surface area contributed by atoms with Gasteiger partial charge in [0.05, 0.1) is 39.6 Å². The van der Waals surface area contributed by atoms with Crippen LogP contribution < -0.4 is 15.5 Å². The highest BCUT2D eigenvalue weighted by molar-refractivity contribution is 6.35. The smallest absolute Gasteiger partial charge is 0.266 e. The van der Waals surface area contributed by atoms with Gasteiger partial charge in [-0.3, -0.25) is 19.2 Å². The summed E-state index contributed by atoms with van der Waals surface area (Å²) in [5.41, 5.74) is 4.90. The summed E-state index contributed by atoms with van der Waals surface area (Å²) in [7, 11) is 0. The minimum atomic E-state index is -0.570. The molecule has 0 bridgehead atoms. The third-order valence-corrected chi connectivity index (χ3v) is 7.86. The number of nitrogens with one attached hydrogen (secondary N) is 2. The second-order valence-electron chi connectivity index (χ2n) is 11.3. The van der Waals surface area contributed by atoms with Gasteiger partial charge in [0, 0.05) is 22.5 Å². The van der Waals surface area contributed by atoms with Crippen LogP contribution in [0.3, 0.4) is 0 Å². The minimum absolute atomic E-state index is 0.109. The van der Waals surface area contributed by atoms with Crippen molar-refractivity contribution in [1.29, 1.82) is 0 Å². The average Bonchev–Trinajstić information content (AvgIpc) is 3.43. The SMILES string of the molecule is O=C(Nc1ccc(N=Nc2ccccc2)cc1)c1ccc(N2C(=O)c3ccc(C(=O)Nc4ccc(N=Nc5ccccc5)cc4)cc3C2=O)cc1. The number of rotatable bonds is 9. The Hall–Kier alpha value is -7.40. The van der Waals surface area contributed by atoms with Gasteiger partial charge in [-0.25, -0.2) is 4.90 Å². The molecule has 6 aromatic carbocycles. The molecule has 0 spiro atoms. The first-order chi connectivity index (χ1) is 24.9. The Kier molecular flexibility index (Phi) is 9.07. The van der Waals surface area contributed by atoms with Crippen LogP contribution in [0.2, 0.25) is 0 Å². The van der Waals surface area contributed by atoms with E-state index >= 15 is 0 Å². The fourth-order valence-corrected chi connectivity index (χ4v) is 5.23. The molecule has 0 aliphatic carbocycles. The van der Waals surface area contributed by atoms with Crippen molar-refractivity contribution < 1.29 is 19.2 Å². The molecule has 1 aliphatic rings. The third-order valence-electron chi connectivity index (χ3n) is 7.86. The number of azo groups is 2. The fourth-order valence-electron chi connectivity index (χ4n) is 5.23. The van der Waals surface area contributed by atoms with E-state index in [9.17, 15) is 19.2 Å². The summed E-state index contributed by atoms with van der Waals surface area (Å²) in [6, 6.07) is 42.9. The summed E-state index contributed by atoms with van der Waals surface area (Å²) in [5, 5.41) is 22.4. The van der Waals surface area contributed by atoms with Gasteiger partial charge < -0.3 is 10.6 Å². The molecule has 2 N–H and O–H groups in total. The van der Waals surface area contributed by atoms with Gasteiger partial charge in [0.25, 0.3) is 23.6 Å². The second-order valence-corrected chi connectivity index (χ2v) is 11.3.